The van der Waals surface area contributed by atoms with Gasteiger partial charge in [-0.3, -0.25) is 4.79 Å². The fraction of sp³-hybridized carbons (Fsp3) is 0.357. The largest absolute Gasteiger partial charge is 0.488 e. The molecule has 20 heavy (non-hydrogen) atoms. The van der Waals surface area contributed by atoms with E-state index in [-0.39, 0.29) is 25.7 Å². The van der Waals surface area contributed by atoms with Crippen LogP contribution in [0.15, 0.2) is 23.8 Å². The van der Waals surface area contributed by atoms with Crippen LogP contribution in [-0.4, -0.2) is 41.5 Å². The van der Waals surface area contributed by atoms with E-state index in [0.29, 0.717) is 16.3 Å². The minimum absolute atomic E-state index is 0.132. The summed E-state index contributed by atoms with van der Waals surface area (Å²) in [4.78, 5) is 12.1. The molecule has 0 saturated heterocycles. The number of aliphatic hydroxyl groups excluding tert-OH is 2. The number of fused-ring (bicyclic) bond motifs is 1. The molecule has 108 valence electrons. The molecule has 0 fully saturated rings. The Morgan fingerprint density at radius 3 is 2.80 bits per heavy atom. The summed E-state index contributed by atoms with van der Waals surface area (Å²) in [7, 11) is 0. The molecule has 3 N–H and O–H groups in total. The Morgan fingerprint density at radius 1 is 1.45 bits per heavy atom. The molecule has 2 rings (SSSR count). The number of hydrogen-bond donors (Lipinski definition) is 3. The number of carbonyl (C=O) groups excluding carboxylic acids is 1. The molecule has 0 saturated carbocycles. The smallest absolute Gasteiger partial charge is 0.251 e. The van der Waals surface area contributed by atoms with Crippen LogP contribution >= 0.6 is 11.6 Å². The van der Waals surface area contributed by atoms with Gasteiger partial charge in [0.05, 0.1) is 24.3 Å². The number of ether oxygens (including phenoxy) is 1. The maximum Gasteiger partial charge on any atom is 0.251 e. The van der Waals surface area contributed by atoms with Crippen molar-refractivity contribution in [3.8, 4) is 5.75 Å². The molecule has 0 aliphatic carbocycles. The number of halogens is 1. The zero-order valence-corrected chi connectivity index (χ0v) is 11.8. The van der Waals surface area contributed by atoms with Crippen molar-refractivity contribution in [1.29, 1.82) is 0 Å². The van der Waals surface area contributed by atoms with E-state index < -0.39 is 5.54 Å². The Kier molecular flexibility index (Phi) is 4.32. The zero-order chi connectivity index (χ0) is 14.8. The van der Waals surface area contributed by atoms with Gasteiger partial charge < -0.3 is 20.3 Å². The highest BCUT2D eigenvalue weighted by molar-refractivity contribution is 6.30. The number of amides is 1. The lowest BCUT2D eigenvalue weighted by Crippen LogP contribution is -2.52. The predicted molar refractivity (Wildman–Crippen MR) is 75.6 cm³/mol. The van der Waals surface area contributed by atoms with E-state index >= 15 is 0 Å². The Balaban J connectivity index is 2.20. The van der Waals surface area contributed by atoms with E-state index in [1.807, 2.05) is 0 Å². The van der Waals surface area contributed by atoms with E-state index in [2.05, 4.69) is 5.32 Å². The minimum Gasteiger partial charge on any atom is -0.488 e. The molecular weight excluding hydrogens is 282 g/mol. The number of nitrogens with one attached hydrogen (secondary N) is 1. The fourth-order valence-electron chi connectivity index (χ4n) is 1.76. The maximum absolute atomic E-state index is 12.1. The quantitative estimate of drug-likeness (QED) is 0.774. The van der Waals surface area contributed by atoms with Crippen LogP contribution in [0.25, 0.3) is 6.08 Å². The molecule has 0 atom stereocenters. The second-order valence-corrected chi connectivity index (χ2v) is 5.41. The summed E-state index contributed by atoms with van der Waals surface area (Å²) in [6.07, 6.45) is 1.69. The van der Waals surface area contributed by atoms with Crippen molar-refractivity contribution < 1.29 is 19.7 Å². The molecular formula is C14H16ClNO4. The van der Waals surface area contributed by atoms with Gasteiger partial charge in [0.1, 0.15) is 12.4 Å². The summed E-state index contributed by atoms with van der Waals surface area (Å²) in [5.74, 6) is 0.277. The molecule has 0 unspecified atom stereocenters. The molecule has 1 aromatic rings. The third-order valence-electron chi connectivity index (χ3n) is 3.09. The van der Waals surface area contributed by atoms with Crippen molar-refractivity contribution in [2.75, 3.05) is 19.8 Å². The molecule has 0 radical (unpaired) electrons. The van der Waals surface area contributed by atoms with Gasteiger partial charge in [-0.2, -0.15) is 0 Å². The van der Waals surface area contributed by atoms with Crippen LogP contribution in [0.4, 0.5) is 0 Å². The zero-order valence-electron chi connectivity index (χ0n) is 11.0. The van der Waals surface area contributed by atoms with Crippen molar-refractivity contribution in [3.05, 3.63) is 34.4 Å². The molecule has 0 spiro atoms. The third-order valence-corrected chi connectivity index (χ3v) is 3.32. The van der Waals surface area contributed by atoms with Crippen molar-refractivity contribution in [3.63, 3.8) is 0 Å². The number of hydrogen-bond acceptors (Lipinski definition) is 4. The van der Waals surface area contributed by atoms with E-state index in [0.717, 1.165) is 5.56 Å². The Hall–Kier alpha value is -1.56. The molecule has 0 bridgehead atoms. The van der Waals surface area contributed by atoms with E-state index in [4.69, 9.17) is 16.3 Å². The molecule has 0 aromatic heterocycles. The summed E-state index contributed by atoms with van der Waals surface area (Å²) in [5, 5.41) is 21.5. The normalized spacial score (nSPS) is 14.1. The number of rotatable bonds is 4. The van der Waals surface area contributed by atoms with Crippen LogP contribution in [0, 0.1) is 0 Å². The molecule has 1 aliphatic heterocycles. The Morgan fingerprint density at radius 2 is 2.15 bits per heavy atom. The van der Waals surface area contributed by atoms with Gasteiger partial charge in [0.25, 0.3) is 5.91 Å². The van der Waals surface area contributed by atoms with Crippen molar-refractivity contribution >= 4 is 23.6 Å². The molecule has 6 heteroatoms. The standard InChI is InChI=1S/C14H16ClNO4/c1-14(7-17,8-18)16-13(19)10-4-9-5-11(15)2-3-12(9)20-6-10/h2-5,17-18H,6-8H2,1H3,(H,16,19). The number of aliphatic hydroxyl groups is 2. The van der Waals surface area contributed by atoms with Crippen LogP contribution in [0.3, 0.4) is 0 Å². The second-order valence-electron chi connectivity index (χ2n) is 4.97. The van der Waals surface area contributed by atoms with Crippen molar-refractivity contribution in [1.82, 2.24) is 5.32 Å². The van der Waals surface area contributed by atoms with Gasteiger partial charge in [0.2, 0.25) is 0 Å². The molecule has 1 aromatic carbocycles. The van der Waals surface area contributed by atoms with Crippen LogP contribution in [0.1, 0.15) is 12.5 Å². The van der Waals surface area contributed by atoms with Gasteiger partial charge in [-0.05, 0) is 31.2 Å². The average molecular weight is 298 g/mol. The van der Waals surface area contributed by atoms with E-state index in [1.54, 1.807) is 31.2 Å². The highest BCUT2D eigenvalue weighted by Crippen LogP contribution is 2.29. The summed E-state index contributed by atoms with van der Waals surface area (Å²) >= 11 is 5.90. The highest BCUT2D eigenvalue weighted by Gasteiger charge is 2.27. The summed E-state index contributed by atoms with van der Waals surface area (Å²) < 4.78 is 5.48. The topological polar surface area (TPSA) is 78.8 Å². The number of carbonyl (C=O) groups is 1. The Bertz CT molecular complexity index is 552. The van der Waals surface area contributed by atoms with Crippen LogP contribution < -0.4 is 10.1 Å². The van der Waals surface area contributed by atoms with E-state index in [1.165, 1.54) is 0 Å². The highest BCUT2D eigenvalue weighted by atomic mass is 35.5. The monoisotopic (exact) mass is 297 g/mol. The first kappa shape index (κ1) is 14.8. The maximum atomic E-state index is 12.1. The van der Waals surface area contributed by atoms with E-state index in [9.17, 15) is 15.0 Å². The van der Waals surface area contributed by atoms with Gasteiger partial charge in [-0.25, -0.2) is 0 Å². The van der Waals surface area contributed by atoms with Crippen LogP contribution in [0.5, 0.6) is 5.75 Å². The molecule has 5 nitrogen and oxygen atoms in total. The summed E-state index contributed by atoms with van der Waals surface area (Å²) in [6, 6.07) is 5.17. The first-order valence-corrected chi connectivity index (χ1v) is 6.52. The lowest BCUT2D eigenvalue weighted by molar-refractivity contribution is -0.120. The SMILES string of the molecule is CC(CO)(CO)NC(=O)C1=Cc2cc(Cl)ccc2OC1. The summed E-state index contributed by atoms with van der Waals surface area (Å²) in [6.45, 7) is 0.977. The first-order valence-electron chi connectivity index (χ1n) is 6.14. The summed E-state index contributed by atoms with van der Waals surface area (Å²) in [5.41, 5.74) is 0.0727. The minimum atomic E-state index is -1.06. The lowest BCUT2D eigenvalue weighted by atomic mass is 10.0. The van der Waals surface area contributed by atoms with Crippen LogP contribution in [-0.2, 0) is 4.79 Å². The molecule has 1 heterocycles. The lowest BCUT2D eigenvalue weighted by Gasteiger charge is -2.27. The fourth-order valence-corrected chi connectivity index (χ4v) is 1.94. The molecule has 1 aliphatic rings. The van der Waals surface area contributed by atoms with Crippen LogP contribution in [0.2, 0.25) is 5.02 Å². The van der Waals surface area contributed by atoms with Gasteiger partial charge >= 0.3 is 0 Å². The van der Waals surface area contributed by atoms with Gasteiger partial charge in [-0.1, -0.05) is 11.6 Å². The van der Waals surface area contributed by atoms with Gasteiger partial charge in [0, 0.05) is 10.6 Å². The average Bonchev–Trinajstić information content (AvgIpc) is 2.46. The predicted octanol–water partition coefficient (Wildman–Crippen LogP) is 0.975. The third kappa shape index (κ3) is 3.12. The number of benzene rings is 1. The van der Waals surface area contributed by atoms with Crippen molar-refractivity contribution in [2.45, 2.75) is 12.5 Å². The molecule has 1 amide bonds. The van der Waals surface area contributed by atoms with Gasteiger partial charge in [0.15, 0.2) is 0 Å². The first-order chi connectivity index (χ1) is 9.47. The Labute approximate surface area is 121 Å². The van der Waals surface area contributed by atoms with Gasteiger partial charge in [-0.15, -0.1) is 0 Å². The second kappa shape index (κ2) is 5.83. The van der Waals surface area contributed by atoms with Crippen molar-refractivity contribution in [2.24, 2.45) is 0 Å².